The molecule has 23 heavy (non-hydrogen) atoms. The lowest BCUT2D eigenvalue weighted by atomic mass is 10.00. The SMILES string of the molecule is COC(=O)CC1(Cc2cc(Cl)ccc2[N+](=O)[O-])OCCCCO1. The molecule has 7 nitrogen and oxygen atoms in total. The maximum atomic E-state index is 11.7. The zero-order valence-corrected chi connectivity index (χ0v) is 13.5. The van der Waals surface area contributed by atoms with Gasteiger partial charge in [-0.1, -0.05) is 11.6 Å². The van der Waals surface area contributed by atoms with Crippen molar-refractivity contribution in [1.82, 2.24) is 0 Å². The fourth-order valence-corrected chi connectivity index (χ4v) is 2.68. The van der Waals surface area contributed by atoms with Crippen molar-refractivity contribution >= 4 is 23.3 Å². The van der Waals surface area contributed by atoms with Gasteiger partial charge in [0.25, 0.3) is 5.69 Å². The lowest BCUT2D eigenvalue weighted by molar-refractivity contribution is -0.386. The van der Waals surface area contributed by atoms with Crippen molar-refractivity contribution in [1.29, 1.82) is 0 Å². The highest BCUT2D eigenvalue weighted by Gasteiger charge is 2.39. The molecule has 0 radical (unpaired) electrons. The van der Waals surface area contributed by atoms with Gasteiger partial charge < -0.3 is 14.2 Å². The van der Waals surface area contributed by atoms with E-state index in [0.717, 1.165) is 12.8 Å². The second kappa shape index (κ2) is 7.72. The standard InChI is InChI=1S/C15H18ClNO6/c1-21-14(18)10-15(22-6-2-3-7-23-15)9-11-8-12(16)4-5-13(11)17(19)20/h4-5,8H,2-3,6-7,9-10H2,1H3. The quantitative estimate of drug-likeness (QED) is 0.464. The Labute approximate surface area is 138 Å². The summed E-state index contributed by atoms with van der Waals surface area (Å²) in [6.45, 7) is 0.816. The van der Waals surface area contributed by atoms with Crippen LogP contribution in [-0.4, -0.2) is 37.0 Å². The molecule has 126 valence electrons. The van der Waals surface area contributed by atoms with Crippen LogP contribution in [0.25, 0.3) is 0 Å². The van der Waals surface area contributed by atoms with E-state index in [0.29, 0.717) is 23.8 Å². The number of nitro groups is 1. The highest BCUT2D eigenvalue weighted by atomic mass is 35.5. The normalized spacial score (nSPS) is 17.3. The number of nitro benzene ring substituents is 1. The molecule has 0 saturated carbocycles. The highest BCUT2D eigenvalue weighted by Crippen LogP contribution is 2.32. The summed E-state index contributed by atoms with van der Waals surface area (Å²) in [6.07, 6.45) is 1.48. The molecular weight excluding hydrogens is 326 g/mol. The number of carbonyl (C=O) groups excluding carboxylic acids is 1. The summed E-state index contributed by atoms with van der Waals surface area (Å²) in [7, 11) is 1.27. The summed E-state index contributed by atoms with van der Waals surface area (Å²) in [5.74, 6) is -1.78. The summed E-state index contributed by atoms with van der Waals surface area (Å²) < 4.78 is 16.2. The molecule has 1 heterocycles. The minimum absolute atomic E-state index is 0.0406. The van der Waals surface area contributed by atoms with E-state index in [2.05, 4.69) is 0 Å². The molecule has 1 fully saturated rings. The molecule has 0 spiro atoms. The topological polar surface area (TPSA) is 87.9 Å². The average Bonchev–Trinajstić information content (AvgIpc) is 2.72. The van der Waals surface area contributed by atoms with E-state index in [1.807, 2.05) is 0 Å². The number of hydrogen-bond acceptors (Lipinski definition) is 6. The summed E-state index contributed by atoms with van der Waals surface area (Å²) in [6, 6.07) is 4.28. The number of rotatable bonds is 5. The molecule has 1 aliphatic rings. The van der Waals surface area contributed by atoms with Crippen molar-refractivity contribution < 1.29 is 23.9 Å². The Kier molecular flexibility index (Phi) is 5.92. The second-order valence-corrected chi connectivity index (χ2v) is 5.71. The monoisotopic (exact) mass is 343 g/mol. The van der Waals surface area contributed by atoms with Gasteiger partial charge in [-0.2, -0.15) is 0 Å². The fourth-order valence-electron chi connectivity index (χ4n) is 2.48. The van der Waals surface area contributed by atoms with Gasteiger partial charge in [-0.15, -0.1) is 0 Å². The molecule has 1 aromatic rings. The van der Waals surface area contributed by atoms with E-state index in [1.165, 1.54) is 25.3 Å². The third-order valence-corrected chi connectivity index (χ3v) is 3.84. The zero-order chi connectivity index (χ0) is 16.9. The predicted molar refractivity (Wildman–Crippen MR) is 82.3 cm³/mol. The van der Waals surface area contributed by atoms with Crippen LogP contribution in [0.1, 0.15) is 24.8 Å². The van der Waals surface area contributed by atoms with E-state index in [9.17, 15) is 14.9 Å². The first-order chi connectivity index (χ1) is 11.0. The van der Waals surface area contributed by atoms with Crippen LogP contribution in [0.4, 0.5) is 5.69 Å². The Morgan fingerprint density at radius 1 is 1.39 bits per heavy atom. The first-order valence-electron chi connectivity index (χ1n) is 7.23. The van der Waals surface area contributed by atoms with Gasteiger partial charge in [0.05, 0.1) is 31.7 Å². The third kappa shape index (κ3) is 4.63. The fraction of sp³-hybridized carbons (Fsp3) is 0.533. The van der Waals surface area contributed by atoms with Crippen molar-refractivity contribution in [2.24, 2.45) is 0 Å². The summed E-state index contributed by atoms with van der Waals surface area (Å²) in [5, 5.41) is 11.6. The molecule has 0 unspecified atom stereocenters. The second-order valence-electron chi connectivity index (χ2n) is 5.27. The minimum atomic E-state index is -1.28. The van der Waals surface area contributed by atoms with E-state index in [4.69, 9.17) is 25.8 Å². The molecule has 1 aliphatic heterocycles. The number of ether oxygens (including phenoxy) is 3. The molecule has 0 aliphatic carbocycles. The van der Waals surface area contributed by atoms with Crippen molar-refractivity contribution in [3.8, 4) is 0 Å². The van der Waals surface area contributed by atoms with Crippen LogP contribution in [0.5, 0.6) is 0 Å². The third-order valence-electron chi connectivity index (χ3n) is 3.61. The lowest BCUT2D eigenvalue weighted by Gasteiger charge is -2.31. The minimum Gasteiger partial charge on any atom is -0.469 e. The summed E-state index contributed by atoms with van der Waals surface area (Å²) in [4.78, 5) is 22.5. The summed E-state index contributed by atoms with van der Waals surface area (Å²) >= 11 is 5.95. The Balaban J connectivity index is 2.35. The molecule has 1 saturated heterocycles. The van der Waals surface area contributed by atoms with Crippen molar-refractivity contribution in [3.63, 3.8) is 0 Å². The van der Waals surface area contributed by atoms with Gasteiger partial charge in [0.15, 0.2) is 5.79 Å². The number of hydrogen-bond donors (Lipinski definition) is 0. The van der Waals surface area contributed by atoms with Gasteiger partial charge in [-0.05, 0) is 25.0 Å². The first-order valence-corrected chi connectivity index (χ1v) is 7.61. The van der Waals surface area contributed by atoms with Crippen LogP contribution in [-0.2, 0) is 25.4 Å². The number of benzene rings is 1. The van der Waals surface area contributed by atoms with E-state index < -0.39 is 16.7 Å². The molecule has 2 rings (SSSR count). The van der Waals surface area contributed by atoms with Crippen LogP contribution >= 0.6 is 11.6 Å². The van der Waals surface area contributed by atoms with E-state index >= 15 is 0 Å². The smallest absolute Gasteiger partial charge is 0.311 e. The number of halogens is 1. The molecule has 0 amide bonds. The van der Waals surface area contributed by atoms with Crippen LogP contribution in [0.2, 0.25) is 5.02 Å². The van der Waals surface area contributed by atoms with Gasteiger partial charge in [0.2, 0.25) is 0 Å². The molecule has 0 bridgehead atoms. The first kappa shape index (κ1) is 17.7. The Morgan fingerprint density at radius 2 is 2.04 bits per heavy atom. The van der Waals surface area contributed by atoms with E-state index in [1.54, 1.807) is 0 Å². The van der Waals surface area contributed by atoms with Crippen LogP contribution in [0.3, 0.4) is 0 Å². The van der Waals surface area contributed by atoms with Gasteiger partial charge in [-0.3, -0.25) is 14.9 Å². The Morgan fingerprint density at radius 3 is 2.61 bits per heavy atom. The largest absolute Gasteiger partial charge is 0.469 e. The summed E-state index contributed by atoms with van der Waals surface area (Å²) in [5.41, 5.74) is 0.267. The van der Waals surface area contributed by atoms with Gasteiger partial charge in [0, 0.05) is 23.1 Å². The zero-order valence-electron chi connectivity index (χ0n) is 12.7. The number of carbonyl (C=O) groups is 1. The van der Waals surface area contributed by atoms with Crippen LogP contribution < -0.4 is 0 Å². The van der Waals surface area contributed by atoms with Crippen LogP contribution in [0.15, 0.2) is 18.2 Å². The van der Waals surface area contributed by atoms with Gasteiger partial charge >= 0.3 is 5.97 Å². The molecule has 1 aromatic carbocycles. The lowest BCUT2D eigenvalue weighted by Crippen LogP contribution is -2.40. The number of esters is 1. The van der Waals surface area contributed by atoms with Crippen molar-refractivity contribution in [2.45, 2.75) is 31.5 Å². The van der Waals surface area contributed by atoms with Crippen molar-refractivity contribution in [2.75, 3.05) is 20.3 Å². The van der Waals surface area contributed by atoms with Crippen LogP contribution in [0, 0.1) is 10.1 Å². The van der Waals surface area contributed by atoms with Crippen molar-refractivity contribution in [3.05, 3.63) is 38.9 Å². The molecule has 0 atom stereocenters. The predicted octanol–water partition coefficient (Wildman–Crippen LogP) is 2.88. The maximum Gasteiger partial charge on any atom is 0.311 e. The van der Waals surface area contributed by atoms with Gasteiger partial charge in [-0.25, -0.2) is 0 Å². The highest BCUT2D eigenvalue weighted by molar-refractivity contribution is 6.30. The molecular formula is C15H18ClNO6. The molecule has 8 heteroatoms. The van der Waals surface area contributed by atoms with E-state index in [-0.39, 0.29) is 18.5 Å². The maximum absolute atomic E-state index is 11.7. The molecule has 0 N–H and O–H groups in total. The average molecular weight is 344 g/mol. The number of methoxy groups -OCH3 is 1. The van der Waals surface area contributed by atoms with Gasteiger partial charge in [0.1, 0.15) is 0 Å². The molecule has 0 aromatic heterocycles. The Hall–Kier alpha value is -1.70. The Bertz CT molecular complexity index is 583. The number of nitrogens with zero attached hydrogens (tertiary/aromatic N) is 1.